The summed E-state index contributed by atoms with van der Waals surface area (Å²) in [7, 11) is 0. The van der Waals surface area contributed by atoms with E-state index >= 15 is 0 Å². The molecule has 0 bridgehead atoms. The van der Waals surface area contributed by atoms with Crippen LogP contribution < -0.4 is 11.1 Å². The van der Waals surface area contributed by atoms with Crippen LogP contribution in [0.5, 0.6) is 0 Å². The summed E-state index contributed by atoms with van der Waals surface area (Å²) >= 11 is 0. The molecule has 3 nitrogen and oxygen atoms in total. The number of hydrogen-bond donors (Lipinski definition) is 2. The first-order valence-corrected chi connectivity index (χ1v) is 4.98. The van der Waals surface area contributed by atoms with Gasteiger partial charge in [-0.1, -0.05) is 30.3 Å². The first kappa shape index (κ1) is 19.9. The maximum atomic E-state index is 11.8. The Morgan fingerprint density at radius 2 is 1.37 bits per heavy atom. The fraction of sp³-hybridized carbons (Fsp3) is 0. The molecule has 19 heavy (non-hydrogen) atoms. The Bertz CT molecular complexity index is 506. The summed E-state index contributed by atoms with van der Waals surface area (Å²) in [5, 5.41) is 2.76. The molecule has 1 amide bonds. The molecule has 0 unspecified atom stereocenters. The second-order valence-corrected chi connectivity index (χ2v) is 3.41. The minimum absolute atomic E-state index is 0. The van der Waals surface area contributed by atoms with E-state index in [1.54, 1.807) is 24.3 Å². The Morgan fingerprint density at radius 1 is 0.842 bits per heavy atom. The van der Waals surface area contributed by atoms with Crippen molar-refractivity contribution in [2.75, 3.05) is 11.1 Å². The highest BCUT2D eigenvalue weighted by Gasteiger charge is 2.06. The Labute approximate surface area is 130 Å². The largest absolute Gasteiger partial charge is 0.397 e. The Kier molecular flexibility index (Phi) is 9.96. The molecule has 0 heterocycles. The highest BCUT2D eigenvalue weighted by molar-refractivity contribution is 6.05. The van der Waals surface area contributed by atoms with Crippen molar-refractivity contribution in [3.8, 4) is 0 Å². The predicted octanol–water partition coefficient (Wildman–Crippen LogP) is 3.79. The molecule has 6 heteroatoms. The lowest BCUT2D eigenvalue weighted by atomic mass is 10.2. The Hall–Kier alpha value is -1.42. The van der Waals surface area contributed by atoms with Crippen molar-refractivity contribution < 1.29 is 4.79 Å². The highest BCUT2D eigenvalue weighted by Crippen LogP contribution is 2.17. The van der Waals surface area contributed by atoms with Crippen LogP contribution in [0.2, 0.25) is 0 Å². The van der Waals surface area contributed by atoms with Crippen LogP contribution in [0, 0.1) is 0 Å². The van der Waals surface area contributed by atoms with Gasteiger partial charge in [-0.05, 0) is 24.3 Å². The molecule has 0 aliphatic rings. The summed E-state index contributed by atoms with van der Waals surface area (Å²) < 4.78 is 0. The molecule has 0 aliphatic heterocycles. The van der Waals surface area contributed by atoms with Gasteiger partial charge in [0.25, 0.3) is 5.91 Å². The number of rotatable bonds is 2. The van der Waals surface area contributed by atoms with Crippen molar-refractivity contribution in [1.29, 1.82) is 0 Å². The lowest BCUT2D eigenvalue weighted by Crippen LogP contribution is -2.12. The summed E-state index contributed by atoms with van der Waals surface area (Å²) in [5.74, 6) is -0.154. The van der Waals surface area contributed by atoms with Gasteiger partial charge in [-0.3, -0.25) is 4.79 Å². The van der Waals surface area contributed by atoms with Gasteiger partial charge in [-0.25, -0.2) is 0 Å². The fourth-order valence-electron chi connectivity index (χ4n) is 1.39. The zero-order valence-electron chi connectivity index (χ0n) is 9.91. The zero-order chi connectivity index (χ0) is 11.4. The van der Waals surface area contributed by atoms with Crippen LogP contribution in [0.4, 0.5) is 11.4 Å². The van der Waals surface area contributed by atoms with Crippen molar-refractivity contribution in [3.63, 3.8) is 0 Å². The first-order chi connectivity index (χ1) is 7.77. The van der Waals surface area contributed by atoms with E-state index in [-0.39, 0.29) is 43.1 Å². The SMILES string of the molecule is Cl.Cl.Cl.Nc1ccccc1NC(=O)c1ccccc1. The van der Waals surface area contributed by atoms with E-state index in [1.165, 1.54) is 0 Å². The van der Waals surface area contributed by atoms with E-state index < -0.39 is 0 Å². The van der Waals surface area contributed by atoms with Gasteiger partial charge in [-0.15, -0.1) is 37.2 Å². The summed E-state index contributed by atoms with van der Waals surface area (Å²) in [6.45, 7) is 0. The lowest BCUT2D eigenvalue weighted by Gasteiger charge is -2.07. The van der Waals surface area contributed by atoms with E-state index in [4.69, 9.17) is 5.73 Å². The quantitative estimate of drug-likeness (QED) is 0.827. The highest BCUT2D eigenvalue weighted by atomic mass is 35.5. The van der Waals surface area contributed by atoms with Crippen LogP contribution in [0.3, 0.4) is 0 Å². The van der Waals surface area contributed by atoms with Gasteiger partial charge in [0, 0.05) is 5.56 Å². The Morgan fingerprint density at radius 3 is 1.95 bits per heavy atom. The third kappa shape index (κ3) is 5.39. The van der Waals surface area contributed by atoms with Gasteiger partial charge in [0.15, 0.2) is 0 Å². The van der Waals surface area contributed by atoms with Gasteiger partial charge >= 0.3 is 0 Å². The second kappa shape index (κ2) is 9.50. The normalized spacial score (nSPS) is 8.21. The number of hydrogen-bond acceptors (Lipinski definition) is 2. The molecule has 104 valence electrons. The van der Waals surface area contributed by atoms with Crippen molar-refractivity contribution >= 4 is 54.5 Å². The molecule has 0 saturated heterocycles. The van der Waals surface area contributed by atoms with Crippen LogP contribution in [0.1, 0.15) is 10.4 Å². The number of nitrogens with two attached hydrogens (primary N) is 1. The van der Waals surface area contributed by atoms with Gasteiger partial charge < -0.3 is 11.1 Å². The molecule has 0 aromatic heterocycles. The number of benzene rings is 2. The number of anilines is 2. The number of carbonyl (C=O) groups excluding carboxylic acids is 1. The first-order valence-electron chi connectivity index (χ1n) is 4.98. The van der Waals surface area contributed by atoms with Crippen molar-refractivity contribution in [1.82, 2.24) is 0 Å². The smallest absolute Gasteiger partial charge is 0.255 e. The molecular weight excluding hydrogens is 307 g/mol. The molecule has 0 atom stereocenters. The minimum Gasteiger partial charge on any atom is -0.397 e. The number of nitrogens with one attached hydrogen (secondary N) is 1. The molecule has 3 N–H and O–H groups in total. The van der Waals surface area contributed by atoms with Gasteiger partial charge in [0.2, 0.25) is 0 Å². The van der Waals surface area contributed by atoms with Crippen molar-refractivity contribution in [2.24, 2.45) is 0 Å². The third-order valence-electron chi connectivity index (χ3n) is 2.24. The number of carbonyl (C=O) groups is 1. The topological polar surface area (TPSA) is 55.1 Å². The van der Waals surface area contributed by atoms with Crippen LogP contribution in [0.15, 0.2) is 54.6 Å². The molecule has 2 aromatic rings. The second-order valence-electron chi connectivity index (χ2n) is 3.41. The number of nitrogen functional groups attached to an aromatic ring is 1. The molecule has 0 aliphatic carbocycles. The minimum atomic E-state index is -0.154. The molecule has 2 aromatic carbocycles. The molecular formula is C13H15Cl3N2O. The number of halogens is 3. The molecule has 2 rings (SSSR count). The average Bonchev–Trinajstić information content (AvgIpc) is 2.33. The molecule has 0 saturated carbocycles. The van der Waals surface area contributed by atoms with E-state index in [0.717, 1.165) is 0 Å². The number of amides is 1. The molecule has 0 radical (unpaired) electrons. The predicted molar refractivity (Wildman–Crippen MR) is 87.0 cm³/mol. The molecule has 0 spiro atoms. The Balaban J connectivity index is 0. The maximum Gasteiger partial charge on any atom is 0.255 e. The summed E-state index contributed by atoms with van der Waals surface area (Å²) in [6, 6.07) is 16.2. The number of para-hydroxylation sites is 2. The van der Waals surface area contributed by atoms with Crippen molar-refractivity contribution in [3.05, 3.63) is 60.2 Å². The summed E-state index contributed by atoms with van der Waals surface area (Å²) in [6.07, 6.45) is 0. The monoisotopic (exact) mass is 320 g/mol. The van der Waals surface area contributed by atoms with E-state index in [0.29, 0.717) is 16.9 Å². The average molecular weight is 322 g/mol. The zero-order valence-corrected chi connectivity index (χ0v) is 12.4. The van der Waals surface area contributed by atoms with E-state index in [2.05, 4.69) is 5.32 Å². The maximum absolute atomic E-state index is 11.8. The lowest BCUT2D eigenvalue weighted by molar-refractivity contribution is 0.102. The van der Waals surface area contributed by atoms with E-state index in [9.17, 15) is 4.79 Å². The summed E-state index contributed by atoms with van der Waals surface area (Å²) in [4.78, 5) is 11.8. The van der Waals surface area contributed by atoms with Crippen LogP contribution in [0.25, 0.3) is 0 Å². The van der Waals surface area contributed by atoms with Crippen molar-refractivity contribution in [2.45, 2.75) is 0 Å². The van der Waals surface area contributed by atoms with E-state index in [1.807, 2.05) is 30.3 Å². The van der Waals surface area contributed by atoms with Gasteiger partial charge in [0.05, 0.1) is 11.4 Å². The van der Waals surface area contributed by atoms with Crippen LogP contribution in [-0.4, -0.2) is 5.91 Å². The molecule has 0 fully saturated rings. The fourth-order valence-corrected chi connectivity index (χ4v) is 1.39. The van der Waals surface area contributed by atoms with Crippen LogP contribution in [-0.2, 0) is 0 Å². The van der Waals surface area contributed by atoms with Crippen LogP contribution >= 0.6 is 37.2 Å². The third-order valence-corrected chi connectivity index (χ3v) is 2.24. The van der Waals surface area contributed by atoms with Gasteiger partial charge in [-0.2, -0.15) is 0 Å². The van der Waals surface area contributed by atoms with Gasteiger partial charge in [0.1, 0.15) is 0 Å². The summed E-state index contributed by atoms with van der Waals surface area (Å²) in [5.41, 5.74) is 7.55. The standard InChI is InChI=1S/C13H12N2O.3ClH/c14-11-8-4-5-9-12(11)15-13(16)10-6-2-1-3-7-10;;;/h1-9H,14H2,(H,15,16);3*1H.